The molecule has 28 heavy (non-hydrogen) atoms. The van der Waals surface area contributed by atoms with E-state index in [2.05, 4.69) is 10.1 Å². The molecule has 8 nitrogen and oxygen atoms in total. The normalized spacial score (nSPS) is 11.8. The topological polar surface area (TPSA) is 111 Å². The van der Waals surface area contributed by atoms with E-state index in [4.69, 9.17) is 10.2 Å². The van der Waals surface area contributed by atoms with Crippen molar-refractivity contribution in [2.24, 2.45) is 5.29 Å². The number of aliphatic hydroxyl groups is 2. The van der Waals surface area contributed by atoms with E-state index in [1.807, 2.05) is 5.48 Å². The summed E-state index contributed by atoms with van der Waals surface area (Å²) in [5.74, 6) is -5.09. The van der Waals surface area contributed by atoms with Crippen molar-refractivity contribution >= 4 is 39.9 Å². The summed E-state index contributed by atoms with van der Waals surface area (Å²) < 4.78 is 42.9. The SMILES string of the molecule is O=NN(c1ccc(I)cc1F)c1c(C(=O)NOCC(O)CO)ccc(F)c1F. The number of nitrogens with zero attached hydrogens (tertiary/aromatic N) is 2. The number of hydrogen-bond acceptors (Lipinski definition) is 6. The Kier molecular flexibility index (Phi) is 7.68. The standard InChI is InChI=1S/C16H13F3IN3O5/c17-11-3-2-10(16(26)21-28-7-9(25)6-24)15(14(11)19)23(22-27)13-4-1-8(20)5-12(13)18/h1-5,9,24-25H,6-7H2,(H,21,26). The third-order valence-electron chi connectivity index (χ3n) is 3.40. The van der Waals surface area contributed by atoms with Crippen LogP contribution in [0.4, 0.5) is 24.5 Å². The Morgan fingerprint density at radius 2 is 1.96 bits per heavy atom. The highest BCUT2D eigenvalue weighted by Crippen LogP contribution is 2.35. The molecule has 0 spiro atoms. The summed E-state index contributed by atoms with van der Waals surface area (Å²) in [6.45, 7) is -1.14. The molecule has 0 aromatic heterocycles. The highest BCUT2D eigenvalue weighted by molar-refractivity contribution is 14.1. The average molecular weight is 511 g/mol. The van der Waals surface area contributed by atoms with E-state index in [-0.39, 0.29) is 5.01 Å². The first-order valence-electron chi connectivity index (χ1n) is 7.57. The molecule has 0 bridgehead atoms. The van der Waals surface area contributed by atoms with Crippen molar-refractivity contribution in [3.05, 3.63) is 61.8 Å². The molecule has 0 radical (unpaired) electrons. The summed E-state index contributed by atoms with van der Waals surface area (Å²) in [7, 11) is 0. The van der Waals surface area contributed by atoms with Crippen molar-refractivity contribution in [1.29, 1.82) is 0 Å². The van der Waals surface area contributed by atoms with Crippen LogP contribution in [0.2, 0.25) is 0 Å². The summed E-state index contributed by atoms with van der Waals surface area (Å²) in [5, 5.41) is 20.6. The van der Waals surface area contributed by atoms with Gasteiger partial charge in [-0.3, -0.25) is 9.63 Å². The van der Waals surface area contributed by atoms with Crippen LogP contribution in [0.5, 0.6) is 0 Å². The summed E-state index contributed by atoms with van der Waals surface area (Å²) >= 11 is 1.80. The lowest BCUT2D eigenvalue weighted by Crippen LogP contribution is -2.31. The number of hydroxylamine groups is 1. The van der Waals surface area contributed by atoms with Gasteiger partial charge < -0.3 is 10.2 Å². The molecule has 2 aromatic carbocycles. The van der Waals surface area contributed by atoms with Crippen LogP contribution in [-0.2, 0) is 4.84 Å². The Morgan fingerprint density at radius 1 is 1.25 bits per heavy atom. The van der Waals surface area contributed by atoms with Crippen LogP contribution in [0.1, 0.15) is 10.4 Å². The van der Waals surface area contributed by atoms with Gasteiger partial charge in [-0.1, -0.05) is 0 Å². The van der Waals surface area contributed by atoms with E-state index in [1.54, 1.807) is 22.6 Å². The first-order valence-corrected chi connectivity index (χ1v) is 8.65. The van der Waals surface area contributed by atoms with Gasteiger partial charge in [-0.05, 0) is 52.9 Å². The molecule has 0 fully saturated rings. The number of anilines is 2. The fourth-order valence-corrected chi connectivity index (χ4v) is 2.55. The molecule has 1 unspecified atom stereocenters. The average Bonchev–Trinajstić information content (AvgIpc) is 2.66. The van der Waals surface area contributed by atoms with Gasteiger partial charge in [0.2, 0.25) is 0 Å². The van der Waals surface area contributed by atoms with Crippen LogP contribution in [0, 0.1) is 25.9 Å². The lowest BCUT2D eigenvalue weighted by atomic mass is 10.1. The van der Waals surface area contributed by atoms with Gasteiger partial charge in [0.1, 0.15) is 29.9 Å². The van der Waals surface area contributed by atoms with E-state index in [0.717, 1.165) is 18.2 Å². The molecule has 0 aliphatic carbocycles. The van der Waals surface area contributed by atoms with Gasteiger partial charge >= 0.3 is 0 Å². The maximum absolute atomic E-state index is 14.4. The Labute approximate surface area is 169 Å². The third kappa shape index (κ3) is 4.95. The molecule has 0 saturated heterocycles. The lowest BCUT2D eigenvalue weighted by molar-refractivity contribution is -0.0295. The van der Waals surface area contributed by atoms with Crippen LogP contribution < -0.4 is 10.5 Å². The van der Waals surface area contributed by atoms with Crippen molar-refractivity contribution in [1.82, 2.24) is 5.48 Å². The number of carbonyl (C=O) groups excluding carboxylic acids is 1. The molecule has 1 atom stereocenters. The van der Waals surface area contributed by atoms with Gasteiger partial charge in [-0.2, -0.15) is 5.01 Å². The first-order chi connectivity index (χ1) is 13.3. The van der Waals surface area contributed by atoms with Crippen molar-refractivity contribution in [3.63, 3.8) is 0 Å². The summed E-state index contributed by atoms with van der Waals surface area (Å²) in [6, 6.07) is 5.01. The molecule has 1 amide bonds. The van der Waals surface area contributed by atoms with E-state index in [9.17, 15) is 22.9 Å². The minimum absolute atomic E-state index is 0.210. The molecule has 0 heterocycles. The second kappa shape index (κ2) is 9.77. The Hall–Kier alpha value is -2.29. The van der Waals surface area contributed by atoms with Gasteiger partial charge in [0.05, 0.1) is 17.5 Å². The molecular formula is C16H13F3IN3O5. The molecule has 2 aromatic rings. The van der Waals surface area contributed by atoms with E-state index >= 15 is 0 Å². The second-order valence-corrected chi connectivity index (χ2v) is 6.57. The fraction of sp³-hybridized carbons (Fsp3) is 0.188. The number of benzene rings is 2. The Balaban J connectivity index is 2.45. The van der Waals surface area contributed by atoms with Crippen molar-refractivity contribution in [2.45, 2.75) is 6.10 Å². The van der Waals surface area contributed by atoms with Crippen LogP contribution in [-0.4, -0.2) is 35.4 Å². The van der Waals surface area contributed by atoms with Crippen LogP contribution >= 0.6 is 22.6 Å². The number of amides is 1. The van der Waals surface area contributed by atoms with E-state index in [0.29, 0.717) is 9.64 Å². The highest BCUT2D eigenvalue weighted by atomic mass is 127. The number of hydrogen-bond donors (Lipinski definition) is 3. The largest absolute Gasteiger partial charge is 0.394 e. The zero-order valence-corrected chi connectivity index (χ0v) is 16.1. The van der Waals surface area contributed by atoms with Crippen LogP contribution in [0.3, 0.4) is 0 Å². The minimum atomic E-state index is -1.61. The van der Waals surface area contributed by atoms with Crippen molar-refractivity contribution < 1.29 is 33.0 Å². The number of halogens is 4. The number of carbonyl (C=O) groups is 1. The highest BCUT2D eigenvalue weighted by Gasteiger charge is 2.27. The summed E-state index contributed by atoms with van der Waals surface area (Å²) in [6.07, 6.45) is -1.29. The maximum atomic E-state index is 14.4. The lowest BCUT2D eigenvalue weighted by Gasteiger charge is -2.20. The molecule has 3 N–H and O–H groups in total. The predicted octanol–water partition coefficient (Wildman–Crippen LogP) is 2.54. The van der Waals surface area contributed by atoms with Gasteiger partial charge in [0, 0.05) is 3.57 Å². The van der Waals surface area contributed by atoms with Crippen molar-refractivity contribution in [2.75, 3.05) is 18.2 Å². The van der Waals surface area contributed by atoms with E-state index < -0.39 is 59.6 Å². The quantitative estimate of drug-likeness (QED) is 0.286. The number of nitroso groups, excluding NO2 is 1. The van der Waals surface area contributed by atoms with Gasteiger partial charge in [-0.15, -0.1) is 4.91 Å². The summed E-state index contributed by atoms with van der Waals surface area (Å²) in [5.41, 5.74) is -0.187. The zero-order chi connectivity index (χ0) is 20.8. The monoisotopic (exact) mass is 511 g/mol. The van der Waals surface area contributed by atoms with Crippen LogP contribution in [0.25, 0.3) is 0 Å². The predicted molar refractivity (Wildman–Crippen MR) is 99.9 cm³/mol. The van der Waals surface area contributed by atoms with Crippen molar-refractivity contribution in [3.8, 4) is 0 Å². The maximum Gasteiger partial charge on any atom is 0.277 e. The first kappa shape index (κ1) is 22.0. The smallest absolute Gasteiger partial charge is 0.277 e. The number of rotatable bonds is 8. The Morgan fingerprint density at radius 3 is 2.57 bits per heavy atom. The second-order valence-electron chi connectivity index (χ2n) is 5.33. The molecule has 150 valence electrons. The van der Waals surface area contributed by atoms with Gasteiger partial charge in [-0.25, -0.2) is 18.7 Å². The molecule has 2 rings (SSSR count). The Bertz CT molecular complexity index is 887. The van der Waals surface area contributed by atoms with Gasteiger partial charge in [0.15, 0.2) is 11.6 Å². The number of aliphatic hydroxyl groups excluding tert-OH is 2. The molecule has 0 saturated carbocycles. The van der Waals surface area contributed by atoms with E-state index in [1.165, 1.54) is 6.07 Å². The van der Waals surface area contributed by atoms with Crippen LogP contribution in [0.15, 0.2) is 35.6 Å². The summed E-state index contributed by atoms with van der Waals surface area (Å²) in [4.78, 5) is 28.2. The zero-order valence-electron chi connectivity index (χ0n) is 13.9. The molecular weight excluding hydrogens is 498 g/mol. The minimum Gasteiger partial charge on any atom is -0.394 e. The molecule has 12 heteroatoms. The molecule has 0 aliphatic rings. The third-order valence-corrected chi connectivity index (χ3v) is 4.07. The van der Waals surface area contributed by atoms with Gasteiger partial charge in [0.25, 0.3) is 5.91 Å². The number of nitrogens with one attached hydrogen (secondary N) is 1. The fourth-order valence-electron chi connectivity index (χ4n) is 2.10. The molecule has 0 aliphatic heterocycles.